The Kier molecular flexibility index (Phi) is 9.34. The van der Waals surface area contributed by atoms with Crippen LogP contribution in [0.3, 0.4) is 0 Å². The second kappa shape index (κ2) is 13.3. The first-order valence-corrected chi connectivity index (χ1v) is 18.9. The molecule has 47 heavy (non-hydrogen) atoms. The Balaban J connectivity index is 1.27. The molecule has 2 aliphatic carbocycles. The van der Waals surface area contributed by atoms with Gasteiger partial charge in [-0.05, 0) is 111 Å². The maximum absolute atomic E-state index is 13.9. The lowest BCUT2D eigenvalue weighted by molar-refractivity contribution is 0.0447. The summed E-state index contributed by atoms with van der Waals surface area (Å²) in [4.78, 5) is 16.1. The number of ether oxygens (including phenoxy) is 3. The van der Waals surface area contributed by atoms with Crippen molar-refractivity contribution in [2.75, 3.05) is 38.3 Å². The van der Waals surface area contributed by atoms with Crippen LogP contribution in [0.4, 0.5) is 5.69 Å². The van der Waals surface area contributed by atoms with Crippen molar-refractivity contribution in [2.45, 2.75) is 86.8 Å². The number of nitrogens with one attached hydrogen (secondary N) is 1. The molecule has 9 nitrogen and oxygen atoms in total. The van der Waals surface area contributed by atoms with E-state index in [1.165, 1.54) is 18.2 Å². The van der Waals surface area contributed by atoms with E-state index in [-0.39, 0.29) is 41.8 Å². The molecule has 11 heteroatoms. The number of carbonyl (C=O) groups excluding carboxylic acids is 1. The van der Waals surface area contributed by atoms with Gasteiger partial charge in [0.15, 0.2) is 0 Å². The van der Waals surface area contributed by atoms with E-state index < -0.39 is 33.4 Å². The molecular formula is C36H45ClN2O7S. The van der Waals surface area contributed by atoms with Crippen molar-refractivity contribution in [3.05, 3.63) is 70.3 Å². The van der Waals surface area contributed by atoms with Crippen LogP contribution < -0.4 is 14.4 Å². The van der Waals surface area contributed by atoms with Gasteiger partial charge in [-0.15, -0.1) is 0 Å². The van der Waals surface area contributed by atoms with Crippen LogP contribution in [0.2, 0.25) is 5.02 Å². The minimum atomic E-state index is -4.18. The Hall–Kier alpha value is -2.63. The van der Waals surface area contributed by atoms with E-state index >= 15 is 0 Å². The van der Waals surface area contributed by atoms with Crippen LogP contribution in [0.25, 0.3) is 0 Å². The van der Waals surface area contributed by atoms with Gasteiger partial charge in [0.2, 0.25) is 10.0 Å². The van der Waals surface area contributed by atoms with Gasteiger partial charge >= 0.3 is 0 Å². The van der Waals surface area contributed by atoms with Gasteiger partial charge in [-0.2, -0.15) is 0 Å². The van der Waals surface area contributed by atoms with Gasteiger partial charge in [0, 0.05) is 42.8 Å². The van der Waals surface area contributed by atoms with Gasteiger partial charge in [-0.25, -0.2) is 13.1 Å². The third-order valence-corrected chi connectivity index (χ3v) is 13.2. The van der Waals surface area contributed by atoms with E-state index in [4.69, 9.17) is 25.8 Å². The maximum atomic E-state index is 13.9. The van der Waals surface area contributed by atoms with Crippen LogP contribution in [0.15, 0.2) is 48.6 Å². The molecule has 1 spiro atoms. The molecule has 5 aliphatic rings. The topological polar surface area (TPSA) is 114 Å². The minimum absolute atomic E-state index is 0.0686. The fourth-order valence-electron chi connectivity index (χ4n) is 8.54. The number of hydrogen-bond donors (Lipinski definition) is 2. The number of rotatable bonds is 3. The smallest absolute Gasteiger partial charge is 0.264 e. The second-order valence-electron chi connectivity index (χ2n) is 14.1. The first-order valence-electron chi connectivity index (χ1n) is 17.0. The normalized spacial score (nSPS) is 34.3. The van der Waals surface area contributed by atoms with E-state index in [2.05, 4.69) is 21.8 Å². The van der Waals surface area contributed by atoms with Crippen molar-refractivity contribution in [2.24, 2.45) is 11.8 Å². The number of aryl methyl sites for hydroxylation is 1. The van der Waals surface area contributed by atoms with E-state index in [1.54, 1.807) is 24.3 Å². The maximum Gasteiger partial charge on any atom is 0.264 e. The number of hydrogen-bond acceptors (Lipinski definition) is 8. The average Bonchev–Trinajstić information content (AvgIpc) is 3.50. The molecule has 3 heterocycles. The summed E-state index contributed by atoms with van der Waals surface area (Å²) in [5.74, 6) is 0.285. The molecule has 2 fully saturated rings. The molecular weight excluding hydrogens is 640 g/mol. The number of amides is 1. The third-order valence-electron chi connectivity index (χ3n) is 11.2. The predicted molar refractivity (Wildman–Crippen MR) is 181 cm³/mol. The number of methoxy groups -OCH3 is 1. The fourth-order valence-corrected chi connectivity index (χ4v) is 10.3. The number of aliphatic hydroxyl groups excluding tert-OH is 1. The quantitative estimate of drug-likeness (QED) is 0.426. The van der Waals surface area contributed by atoms with Crippen molar-refractivity contribution in [3.8, 4) is 5.75 Å². The molecule has 1 saturated heterocycles. The van der Waals surface area contributed by atoms with Crippen LogP contribution in [0, 0.1) is 11.8 Å². The Labute approximate surface area is 282 Å². The van der Waals surface area contributed by atoms with Gasteiger partial charge < -0.3 is 24.2 Å². The van der Waals surface area contributed by atoms with E-state index in [1.807, 2.05) is 12.1 Å². The van der Waals surface area contributed by atoms with Gasteiger partial charge in [0.1, 0.15) is 11.0 Å². The van der Waals surface area contributed by atoms with Crippen molar-refractivity contribution < 1.29 is 32.5 Å². The molecule has 0 radical (unpaired) electrons. The molecule has 1 saturated carbocycles. The highest BCUT2D eigenvalue weighted by atomic mass is 35.5. The van der Waals surface area contributed by atoms with Gasteiger partial charge in [-0.3, -0.25) is 4.79 Å². The first-order chi connectivity index (χ1) is 22.7. The van der Waals surface area contributed by atoms with E-state index in [0.29, 0.717) is 32.1 Å². The molecule has 0 unspecified atom stereocenters. The highest BCUT2D eigenvalue weighted by Crippen LogP contribution is 2.47. The van der Waals surface area contributed by atoms with Crippen molar-refractivity contribution in [3.63, 3.8) is 0 Å². The molecule has 7 atom stereocenters. The van der Waals surface area contributed by atoms with Crippen LogP contribution in [-0.2, 0) is 31.3 Å². The van der Waals surface area contributed by atoms with Crippen molar-refractivity contribution in [1.82, 2.24) is 4.72 Å². The molecule has 0 aromatic heterocycles. The summed E-state index contributed by atoms with van der Waals surface area (Å²) in [6, 6.07) is 11.3. The first kappa shape index (κ1) is 32.9. The predicted octanol–water partition coefficient (Wildman–Crippen LogP) is 5.17. The Morgan fingerprint density at radius 2 is 2.02 bits per heavy atom. The highest BCUT2D eigenvalue weighted by Gasteiger charge is 2.45. The number of sulfonamides is 1. The summed E-state index contributed by atoms with van der Waals surface area (Å²) < 4.78 is 48.4. The number of carbonyl (C=O) groups is 1. The lowest BCUT2D eigenvalue weighted by Gasteiger charge is -2.45. The molecule has 1 amide bonds. The molecule has 3 aliphatic heterocycles. The average molecular weight is 685 g/mol. The SMILES string of the molecule is CO[C@H]1C/C=C/[C@H](O)[C@@H]2CC[C@H]2CN2C[C@@]3(CCCc4cc(Cl)ccc43)COc3ccc(cc32)C(=O)NS(=O)(=O)[C@H]1C[C@H]1CCCO1. The molecule has 2 aromatic carbocycles. The minimum Gasteiger partial charge on any atom is -0.490 e. The standard InChI is InChI=1S/C36H45ClN2O7S/c1-44-33-8-2-7-31(40)28-12-9-25(28)20-39-21-36(15-3-5-23-17-26(37)11-13-29(23)36)22-46-32-14-10-24(18-30(32)39)35(41)38-47(42,43)34(33)19-27-6-4-16-45-27/h2,7,10-11,13-14,17-18,25,27-28,31,33-34,40H,3-6,8-9,12,15-16,19-22H2,1H3,(H,38,41)/b7-2+/t25-,27+,28+,31-,33-,34-,36-/m0/s1. The number of nitrogens with zero attached hydrogens (tertiary/aromatic N) is 1. The molecule has 2 aromatic rings. The third kappa shape index (κ3) is 6.56. The number of anilines is 1. The fraction of sp³-hybridized carbons (Fsp3) is 0.583. The Morgan fingerprint density at radius 3 is 2.79 bits per heavy atom. The monoisotopic (exact) mass is 684 g/mol. The summed E-state index contributed by atoms with van der Waals surface area (Å²) in [6.45, 7) is 2.43. The molecule has 2 bridgehead atoms. The van der Waals surface area contributed by atoms with E-state index in [9.17, 15) is 18.3 Å². The van der Waals surface area contributed by atoms with Crippen molar-refractivity contribution in [1.29, 1.82) is 0 Å². The molecule has 7 rings (SSSR count). The number of benzene rings is 2. The van der Waals surface area contributed by atoms with Gasteiger partial charge in [0.05, 0.1) is 30.6 Å². The summed E-state index contributed by atoms with van der Waals surface area (Å²) in [5, 5.41) is 11.0. The molecule has 2 N–H and O–H groups in total. The van der Waals surface area contributed by atoms with Gasteiger partial charge in [0.25, 0.3) is 5.91 Å². The summed E-state index contributed by atoms with van der Waals surface area (Å²) in [7, 11) is -2.69. The van der Waals surface area contributed by atoms with Crippen LogP contribution in [0.5, 0.6) is 5.75 Å². The molecule has 254 valence electrons. The number of halogens is 1. The van der Waals surface area contributed by atoms with Crippen molar-refractivity contribution >= 4 is 33.2 Å². The highest BCUT2D eigenvalue weighted by molar-refractivity contribution is 7.90. The Morgan fingerprint density at radius 1 is 1.15 bits per heavy atom. The number of fused-ring (bicyclic) bond motifs is 4. The second-order valence-corrected chi connectivity index (χ2v) is 16.4. The largest absolute Gasteiger partial charge is 0.490 e. The summed E-state index contributed by atoms with van der Waals surface area (Å²) in [6.07, 6.45) is 8.95. The summed E-state index contributed by atoms with van der Waals surface area (Å²) in [5.41, 5.74) is 3.21. The van der Waals surface area contributed by atoms with Gasteiger partial charge in [-0.1, -0.05) is 29.8 Å². The summed E-state index contributed by atoms with van der Waals surface area (Å²) >= 11 is 6.41. The lowest BCUT2D eigenvalue weighted by Crippen LogP contribution is -2.49. The zero-order valence-electron chi connectivity index (χ0n) is 26.9. The zero-order valence-corrected chi connectivity index (χ0v) is 28.5. The van der Waals surface area contributed by atoms with Crippen LogP contribution >= 0.6 is 11.6 Å². The zero-order chi connectivity index (χ0) is 32.8. The van der Waals surface area contributed by atoms with Crippen LogP contribution in [0.1, 0.15) is 72.9 Å². The van der Waals surface area contributed by atoms with Crippen LogP contribution in [-0.4, -0.2) is 76.4 Å². The Bertz CT molecular complexity index is 1630. The lowest BCUT2D eigenvalue weighted by atomic mass is 9.68. The van der Waals surface area contributed by atoms with E-state index in [0.717, 1.165) is 55.7 Å². The number of aliphatic hydroxyl groups is 1.